The largest absolute Gasteiger partial charge is 0.494 e. The molecule has 0 fully saturated rings. The van der Waals surface area contributed by atoms with Crippen LogP contribution in [-0.4, -0.2) is 22.3 Å². The molecule has 1 N–H and O–H groups in total. The zero-order valence-electron chi connectivity index (χ0n) is 21.4. The number of carbonyl (C=O) groups is 1. The Kier molecular flexibility index (Phi) is 7.61. The van der Waals surface area contributed by atoms with Crippen molar-refractivity contribution in [3.05, 3.63) is 126 Å². The first kappa shape index (κ1) is 25.2. The Labute approximate surface area is 227 Å². The molecule has 0 bridgehead atoms. The van der Waals surface area contributed by atoms with Gasteiger partial charge in [0, 0.05) is 16.8 Å². The van der Waals surface area contributed by atoms with Crippen molar-refractivity contribution >= 4 is 17.7 Å². The van der Waals surface area contributed by atoms with Crippen LogP contribution in [0.1, 0.15) is 12.5 Å². The molecule has 4 aromatic carbocycles. The van der Waals surface area contributed by atoms with Crippen LogP contribution in [0.5, 0.6) is 5.75 Å². The SMILES string of the molecule is CCOc1ccc(NC(=O)/C(C#N)=C/c2ccc(-n3nc(-c4ccccc4)cc3-c3ccccc3)cc2)cc1. The Morgan fingerprint density at radius 3 is 2.15 bits per heavy atom. The number of nitriles is 1. The van der Waals surface area contributed by atoms with Crippen LogP contribution in [0.25, 0.3) is 34.3 Å². The molecule has 1 aromatic heterocycles. The molecule has 0 aliphatic carbocycles. The fraction of sp³-hybridized carbons (Fsp3) is 0.0606. The Bertz CT molecular complexity index is 1630. The van der Waals surface area contributed by atoms with Crippen LogP contribution in [0.4, 0.5) is 5.69 Å². The van der Waals surface area contributed by atoms with E-state index in [0.717, 1.165) is 39.5 Å². The van der Waals surface area contributed by atoms with Gasteiger partial charge in [0.25, 0.3) is 5.91 Å². The normalized spacial score (nSPS) is 11.0. The topological polar surface area (TPSA) is 79.9 Å². The predicted octanol–water partition coefficient (Wildman–Crippen LogP) is 7.15. The average molecular weight is 511 g/mol. The number of amides is 1. The third-order valence-corrected chi connectivity index (χ3v) is 6.09. The van der Waals surface area contributed by atoms with Crippen molar-refractivity contribution in [2.75, 3.05) is 11.9 Å². The number of aromatic nitrogens is 2. The van der Waals surface area contributed by atoms with Gasteiger partial charge in [-0.3, -0.25) is 4.79 Å². The molecule has 0 spiro atoms. The lowest BCUT2D eigenvalue weighted by atomic mass is 10.1. The van der Waals surface area contributed by atoms with E-state index in [9.17, 15) is 10.1 Å². The summed E-state index contributed by atoms with van der Waals surface area (Å²) in [6, 6.07) is 38.9. The van der Waals surface area contributed by atoms with E-state index in [0.29, 0.717) is 12.3 Å². The smallest absolute Gasteiger partial charge is 0.266 e. The number of carbonyl (C=O) groups excluding carboxylic acids is 1. The Morgan fingerprint density at radius 2 is 1.54 bits per heavy atom. The highest BCUT2D eigenvalue weighted by molar-refractivity contribution is 6.09. The molecule has 5 aromatic rings. The molecule has 190 valence electrons. The van der Waals surface area contributed by atoms with Crippen LogP contribution in [-0.2, 0) is 4.79 Å². The third-order valence-electron chi connectivity index (χ3n) is 6.09. The summed E-state index contributed by atoms with van der Waals surface area (Å²) in [5.41, 5.74) is 6.10. The van der Waals surface area contributed by atoms with Gasteiger partial charge in [-0.2, -0.15) is 10.4 Å². The highest BCUT2D eigenvalue weighted by Gasteiger charge is 2.14. The molecule has 6 heteroatoms. The Morgan fingerprint density at radius 1 is 0.897 bits per heavy atom. The second kappa shape index (κ2) is 11.8. The van der Waals surface area contributed by atoms with E-state index in [1.165, 1.54) is 0 Å². The monoisotopic (exact) mass is 510 g/mol. The summed E-state index contributed by atoms with van der Waals surface area (Å²) in [5.74, 6) is 0.242. The minimum atomic E-state index is -0.475. The molecule has 39 heavy (non-hydrogen) atoms. The molecular formula is C33H26N4O2. The number of rotatable bonds is 8. The molecule has 0 unspecified atom stereocenters. The van der Waals surface area contributed by atoms with Crippen molar-refractivity contribution in [3.8, 4) is 40.0 Å². The molecule has 5 rings (SSSR count). The summed E-state index contributed by atoms with van der Waals surface area (Å²) in [6.07, 6.45) is 1.57. The standard InChI is InChI=1S/C33H26N4O2/c1-2-39-30-19-15-28(16-20-30)35-33(38)27(23-34)21-24-13-17-29(18-14-24)37-32(26-11-7-4-8-12-26)22-31(36-37)25-9-5-3-6-10-25/h3-22H,2H2,1H3,(H,35,38)/b27-21+. The second-order valence-corrected chi connectivity index (χ2v) is 8.73. The lowest BCUT2D eigenvalue weighted by Crippen LogP contribution is -2.13. The van der Waals surface area contributed by atoms with Gasteiger partial charge in [-0.25, -0.2) is 4.68 Å². The van der Waals surface area contributed by atoms with Gasteiger partial charge in [-0.15, -0.1) is 0 Å². The maximum absolute atomic E-state index is 12.7. The van der Waals surface area contributed by atoms with E-state index in [1.807, 2.05) is 90.5 Å². The van der Waals surface area contributed by atoms with Crippen LogP contribution < -0.4 is 10.1 Å². The lowest BCUT2D eigenvalue weighted by Gasteiger charge is -2.09. The van der Waals surface area contributed by atoms with Gasteiger partial charge in [0.1, 0.15) is 17.4 Å². The summed E-state index contributed by atoms with van der Waals surface area (Å²) in [7, 11) is 0. The summed E-state index contributed by atoms with van der Waals surface area (Å²) in [4.78, 5) is 12.7. The number of hydrogen-bond acceptors (Lipinski definition) is 4. The van der Waals surface area contributed by atoms with Gasteiger partial charge >= 0.3 is 0 Å². The summed E-state index contributed by atoms with van der Waals surface area (Å²) in [5, 5.41) is 17.3. The zero-order chi connectivity index (χ0) is 27.0. The van der Waals surface area contributed by atoms with Crippen LogP contribution in [0, 0.1) is 11.3 Å². The minimum absolute atomic E-state index is 0.00654. The molecule has 0 saturated carbocycles. The molecule has 1 amide bonds. The number of anilines is 1. The number of ether oxygens (including phenoxy) is 1. The van der Waals surface area contributed by atoms with E-state index in [-0.39, 0.29) is 5.57 Å². The number of nitrogens with zero attached hydrogens (tertiary/aromatic N) is 3. The van der Waals surface area contributed by atoms with E-state index in [1.54, 1.807) is 30.3 Å². The van der Waals surface area contributed by atoms with Crippen LogP contribution in [0.3, 0.4) is 0 Å². The number of nitrogens with one attached hydrogen (secondary N) is 1. The molecule has 0 saturated heterocycles. The zero-order valence-corrected chi connectivity index (χ0v) is 21.4. The van der Waals surface area contributed by atoms with Crippen molar-refractivity contribution < 1.29 is 9.53 Å². The van der Waals surface area contributed by atoms with E-state index < -0.39 is 5.91 Å². The first-order chi connectivity index (χ1) is 19.1. The van der Waals surface area contributed by atoms with Gasteiger partial charge in [0.05, 0.1) is 23.7 Å². The predicted molar refractivity (Wildman–Crippen MR) is 154 cm³/mol. The van der Waals surface area contributed by atoms with E-state index in [2.05, 4.69) is 23.5 Å². The van der Waals surface area contributed by atoms with Gasteiger partial charge in [0.2, 0.25) is 0 Å². The fourth-order valence-electron chi connectivity index (χ4n) is 4.17. The van der Waals surface area contributed by atoms with Gasteiger partial charge in [-0.1, -0.05) is 72.8 Å². The molecule has 0 radical (unpaired) electrons. The van der Waals surface area contributed by atoms with Gasteiger partial charge in [0.15, 0.2) is 0 Å². The number of hydrogen-bond donors (Lipinski definition) is 1. The van der Waals surface area contributed by atoms with Gasteiger partial charge < -0.3 is 10.1 Å². The molecule has 0 atom stereocenters. The summed E-state index contributed by atoms with van der Waals surface area (Å²) in [6.45, 7) is 2.47. The number of benzene rings is 4. The highest BCUT2D eigenvalue weighted by Crippen LogP contribution is 2.29. The molecular weight excluding hydrogens is 484 g/mol. The van der Waals surface area contributed by atoms with E-state index >= 15 is 0 Å². The molecule has 6 nitrogen and oxygen atoms in total. The van der Waals surface area contributed by atoms with Crippen molar-refractivity contribution in [2.45, 2.75) is 6.92 Å². The molecule has 0 aliphatic heterocycles. The Hall–Kier alpha value is -5.41. The van der Waals surface area contributed by atoms with Crippen molar-refractivity contribution in [1.29, 1.82) is 5.26 Å². The van der Waals surface area contributed by atoms with Crippen molar-refractivity contribution in [2.24, 2.45) is 0 Å². The van der Waals surface area contributed by atoms with E-state index in [4.69, 9.17) is 9.84 Å². The quantitative estimate of drug-likeness (QED) is 0.178. The van der Waals surface area contributed by atoms with Crippen molar-refractivity contribution in [3.63, 3.8) is 0 Å². The van der Waals surface area contributed by atoms with Crippen molar-refractivity contribution in [1.82, 2.24) is 9.78 Å². The Balaban J connectivity index is 1.40. The molecule has 1 heterocycles. The third kappa shape index (κ3) is 5.95. The van der Waals surface area contributed by atoms with Crippen LogP contribution >= 0.6 is 0 Å². The van der Waals surface area contributed by atoms with Crippen LogP contribution in [0.15, 0.2) is 121 Å². The highest BCUT2D eigenvalue weighted by atomic mass is 16.5. The molecule has 0 aliphatic rings. The maximum Gasteiger partial charge on any atom is 0.266 e. The average Bonchev–Trinajstić information content (AvgIpc) is 3.44. The fourth-order valence-corrected chi connectivity index (χ4v) is 4.17. The van der Waals surface area contributed by atoms with Crippen LogP contribution in [0.2, 0.25) is 0 Å². The van der Waals surface area contributed by atoms with Gasteiger partial charge in [-0.05, 0) is 61.0 Å². The minimum Gasteiger partial charge on any atom is -0.494 e. The summed E-state index contributed by atoms with van der Waals surface area (Å²) >= 11 is 0. The second-order valence-electron chi connectivity index (χ2n) is 8.73. The lowest BCUT2D eigenvalue weighted by molar-refractivity contribution is -0.112. The maximum atomic E-state index is 12.7. The first-order valence-corrected chi connectivity index (χ1v) is 12.6. The first-order valence-electron chi connectivity index (χ1n) is 12.6. The summed E-state index contributed by atoms with van der Waals surface area (Å²) < 4.78 is 7.34.